The van der Waals surface area contributed by atoms with Crippen LogP contribution in [0, 0.1) is 0 Å². The zero-order chi connectivity index (χ0) is 23.5. The molecule has 2 aromatic carbocycles. The number of fused-ring (bicyclic) bond motifs is 1. The minimum absolute atomic E-state index is 0.225. The van der Waals surface area contributed by atoms with E-state index in [-0.39, 0.29) is 12.2 Å². The van der Waals surface area contributed by atoms with Crippen molar-refractivity contribution in [1.82, 2.24) is 4.57 Å². The molecule has 0 aliphatic carbocycles. The minimum Gasteiger partial charge on any atom is -0.497 e. The smallest absolute Gasteiger partial charge is 0.338 e. The molecule has 0 unspecified atom stereocenters. The number of carbonyl (C=O) groups excluding carboxylic acids is 1. The molecule has 1 atom stereocenters. The number of para-hydroxylation sites is 1. The van der Waals surface area contributed by atoms with Crippen molar-refractivity contribution in [3.63, 3.8) is 0 Å². The summed E-state index contributed by atoms with van der Waals surface area (Å²) in [6.45, 7) is 3.74. The molecule has 0 bridgehead atoms. The minimum atomic E-state index is -0.661. The van der Waals surface area contributed by atoms with Crippen LogP contribution in [-0.2, 0) is 9.53 Å². The molecule has 0 fully saturated rings. The Kier molecular flexibility index (Phi) is 6.46. The van der Waals surface area contributed by atoms with Gasteiger partial charge in [0.05, 0.1) is 42.7 Å². The molecular formula is C25H24N2O5S. The number of aromatic nitrogens is 1. The third kappa shape index (κ3) is 4.21. The maximum atomic E-state index is 13.6. The molecule has 1 aromatic heterocycles. The quantitative estimate of drug-likeness (QED) is 0.524. The van der Waals surface area contributed by atoms with E-state index in [0.29, 0.717) is 32.1 Å². The number of hydrogen-bond acceptors (Lipinski definition) is 7. The first-order valence-corrected chi connectivity index (χ1v) is 11.3. The first kappa shape index (κ1) is 22.5. The van der Waals surface area contributed by atoms with Crippen molar-refractivity contribution in [2.75, 3.05) is 20.8 Å². The highest BCUT2D eigenvalue weighted by atomic mass is 32.1. The maximum Gasteiger partial charge on any atom is 0.338 e. The molecule has 2 heterocycles. The lowest BCUT2D eigenvalue weighted by molar-refractivity contribution is -0.139. The number of carbonyl (C=O) groups is 1. The Hall–Kier alpha value is -3.65. The summed E-state index contributed by atoms with van der Waals surface area (Å²) in [5.74, 6) is 0.859. The van der Waals surface area contributed by atoms with Gasteiger partial charge in [-0.25, -0.2) is 9.79 Å². The molecule has 0 spiro atoms. The molecule has 0 saturated carbocycles. The summed E-state index contributed by atoms with van der Waals surface area (Å²) in [6.07, 6.45) is 1.79. The fourth-order valence-electron chi connectivity index (χ4n) is 3.82. The van der Waals surface area contributed by atoms with Crippen LogP contribution in [0.2, 0.25) is 0 Å². The van der Waals surface area contributed by atoms with Gasteiger partial charge >= 0.3 is 5.97 Å². The van der Waals surface area contributed by atoms with Gasteiger partial charge in [-0.3, -0.25) is 9.36 Å². The average Bonchev–Trinajstić information content (AvgIpc) is 3.13. The lowest BCUT2D eigenvalue weighted by Crippen LogP contribution is -2.39. The van der Waals surface area contributed by atoms with E-state index < -0.39 is 12.0 Å². The Bertz CT molecular complexity index is 1400. The van der Waals surface area contributed by atoms with E-state index in [9.17, 15) is 9.59 Å². The number of rotatable bonds is 6. The molecule has 1 aliphatic rings. The molecule has 8 heteroatoms. The van der Waals surface area contributed by atoms with Crippen LogP contribution in [0.3, 0.4) is 0 Å². The molecular weight excluding hydrogens is 440 g/mol. The van der Waals surface area contributed by atoms with Gasteiger partial charge in [-0.1, -0.05) is 41.7 Å². The predicted molar refractivity (Wildman–Crippen MR) is 126 cm³/mol. The fourth-order valence-corrected chi connectivity index (χ4v) is 4.86. The SMILES string of the molecule is CCOC(=O)C1=C(C)N=c2s/c(=C\c3ccccc3OC)c(=O)n2[C@@H]1c1ccc(OC)cc1. The van der Waals surface area contributed by atoms with Crippen molar-refractivity contribution in [3.05, 3.63) is 90.6 Å². The van der Waals surface area contributed by atoms with Crippen molar-refractivity contribution in [2.45, 2.75) is 19.9 Å². The Balaban J connectivity index is 1.95. The normalized spacial score (nSPS) is 15.6. The van der Waals surface area contributed by atoms with Crippen LogP contribution in [0.25, 0.3) is 6.08 Å². The van der Waals surface area contributed by atoms with Gasteiger partial charge in [-0.2, -0.15) is 0 Å². The molecule has 33 heavy (non-hydrogen) atoms. The number of nitrogens with zero attached hydrogens (tertiary/aromatic N) is 2. The van der Waals surface area contributed by atoms with Crippen molar-refractivity contribution < 1.29 is 19.0 Å². The van der Waals surface area contributed by atoms with Gasteiger partial charge < -0.3 is 14.2 Å². The summed E-state index contributed by atoms with van der Waals surface area (Å²) in [4.78, 5) is 31.6. The van der Waals surface area contributed by atoms with E-state index in [4.69, 9.17) is 14.2 Å². The van der Waals surface area contributed by atoms with E-state index in [0.717, 1.165) is 11.1 Å². The molecule has 1 aliphatic heterocycles. The Morgan fingerprint density at radius 2 is 1.85 bits per heavy atom. The number of thiazole rings is 1. The monoisotopic (exact) mass is 464 g/mol. The summed E-state index contributed by atoms with van der Waals surface area (Å²) >= 11 is 1.27. The van der Waals surface area contributed by atoms with E-state index >= 15 is 0 Å². The van der Waals surface area contributed by atoms with Crippen LogP contribution in [0.1, 0.15) is 31.0 Å². The summed E-state index contributed by atoms with van der Waals surface area (Å²) in [6, 6.07) is 14.1. The van der Waals surface area contributed by atoms with Crippen LogP contribution in [-0.4, -0.2) is 31.4 Å². The highest BCUT2D eigenvalue weighted by Gasteiger charge is 2.33. The van der Waals surface area contributed by atoms with E-state index in [1.165, 1.54) is 11.3 Å². The van der Waals surface area contributed by atoms with Crippen LogP contribution in [0.15, 0.2) is 69.6 Å². The van der Waals surface area contributed by atoms with Crippen LogP contribution >= 0.6 is 11.3 Å². The number of ether oxygens (including phenoxy) is 3. The highest BCUT2D eigenvalue weighted by Crippen LogP contribution is 2.31. The average molecular weight is 465 g/mol. The standard InChI is InChI=1S/C25H24N2O5S/c1-5-32-24(29)21-15(2)26-25-27(22(21)16-10-12-18(30-3)13-11-16)23(28)20(33-25)14-17-8-6-7-9-19(17)31-4/h6-14,22H,5H2,1-4H3/b20-14-/t22-/m1/s1. The van der Waals surface area contributed by atoms with Crippen molar-refractivity contribution >= 4 is 23.4 Å². The van der Waals surface area contributed by atoms with Crippen molar-refractivity contribution in [1.29, 1.82) is 0 Å². The van der Waals surface area contributed by atoms with Gasteiger partial charge in [0.2, 0.25) is 0 Å². The lowest BCUT2D eigenvalue weighted by atomic mass is 9.96. The van der Waals surface area contributed by atoms with Gasteiger partial charge in [-0.05, 0) is 43.7 Å². The van der Waals surface area contributed by atoms with Gasteiger partial charge in [0.1, 0.15) is 11.5 Å². The summed E-state index contributed by atoms with van der Waals surface area (Å²) in [5.41, 5.74) is 2.18. The van der Waals surface area contributed by atoms with Crippen LogP contribution in [0.4, 0.5) is 0 Å². The zero-order valence-electron chi connectivity index (χ0n) is 18.8. The van der Waals surface area contributed by atoms with Gasteiger partial charge in [0.15, 0.2) is 4.80 Å². The van der Waals surface area contributed by atoms with Gasteiger partial charge in [-0.15, -0.1) is 0 Å². The summed E-state index contributed by atoms with van der Waals surface area (Å²) in [7, 11) is 3.18. The van der Waals surface area contributed by atoms with E-state index in [2.05, 4.69) is 4.99 Å². The molecule has 3 aromatic rings. The van der Waals surface area contributed by atoms with Crippen LogP contribution < -0.4 is 24.4 Å². The Labute approximate surface area is 194 Å². The Morgan fingerprint density at radius 3 is 2.52 bits per heavy atom. The first-order valence-electron chi connectivity index (χ1n) is 10.4. The van der Waals surface area contributed by atoms with Crippen molar-refractivity contribution in [2.24, 2.45) is 4.99 Å². The van der Waals surface area contributed by atoms with E-state index in [1.54, 1.807) is 50.8 Å². The molecule has 170 valence electrons. The third-order valence-corrected chi connectivity index (χ3v) is 6.36. The largest absolute Gasteiger partial charge is 0.497 e. The number of allylic oxidation sites excluding steroid dienone is 1. The second-order valence-corrected chi connectivity index (χ2v) is 8.33. The topological polar surface area (TPSA) is 79.1 Å². The van der Waals surface area contributed by atoms with Gasteiger partial charge in [0, 0.05) is 5.56 Å². The zero-order valence-corrected chi connectivity index (χ0v) is 19.6. The molecule has 7 nitrogen and oxygen atoms in total. The second-order valence-electron chi connectivity index (χ2n) is 7.32. The first-order chi connectivity index (χ1) is 16.0. The molecule has 0 amide bonds. The third-order valence-electron chi connectivity index (χ3n) is 5.37. The number of methoxy groups -OCH3 is 2. The van der Waals surface area contributed by atoms with Crippen LogP contribution in [0.5, 0.6) is 11.5 Å². The van der Waals surface area contributed by atoms with Gasteiger partial charge in [0.25, 0.3) is 5.56 Å². The number of esters is 1. The summed E-state index contributed by atoms with van der Waals surface area (Å²) < 4.78 is 18.1. The van der Waals surface area contributed by atoms with Crippen molar-refractivity contribution in [3.8, 4) is 11.5 Å². The second kappa shape index (κ2) is 9.46. The highest BCUT2D eigenvalue weighted by molar-refractivity contribution is 7.07. The molecule has 0 saturated heterocycles. The molecule has 4 rings (SSSR count). The number of hydrogen-bond donors (Lipinski definition) is 0. The Morgan fingerprint density at radius 1 is 1.12 bits per heavy atom. The predicted octanol–water partition coefficient (Wildman–Crippen LogP) is 2.82. The molecule has 0 N–H and O–H groups in total. The number of benzene rings is 2. The summed E-state index contributed by atoms with van der Waals surface area (Å²) in [5, 5.41) is 0. The van der Waals surface area contributed by atoms with E-state index in [1.807, 2.05) is 36.4 Å². The molecule has 0 radical (unpaired) electrons. The fraction of sp³-hybridized carbons (Fsp3) is 0.240. The maximum absolute atomic E-state index is 13.6. The lowest BCUT2D eigenvalue weighted by Gasteiger charge is -2.24.